The molecule has 0 saturated carbocycles. The molecular weight excluding hydrogens is 411 g/mol. The smallest absolute Gasteiger partial charge is 0.248 e. The van der Waals surface area contributed by atoms with Crippen molar-refractivity contribution >= 4 is 50.5 Å². The van der Waals surface area contributed by atoms with Crippen LogP contribution in [0, 0.1) is 0 Å². The maximum Gasteiger partial charge on any atom is 0.248 e. The summed E-state index contributed by atoms with van der Waals surface area (Å²) >= 11 is 12.0. The summed E-state index contributed by atoms with van der Waals surface area (Å²) in [5.41, 5.74) is 0.665. The molecule has 2 aromatic carbocycles. The number of nitrogens with zero attached hydrogens (tertiary/aromatic N) is 1. The summed E-state index contributed by atoms with van der Waals surface area (Å²) in [7, 11) is -2.31. The van der Waals surface area contributed by atoms with Gasteiger partial charge in [0.15, 0.2) is 0 Å². The van der Waals surface area contributed by atoms with E-state index in [0.717, 1.165) is 10.6 Å². The van der Waals surface area contributed by atoms with Gasteiger partial charge in [-0.05, 0) is 36.8 Å². The van der Waals surface area contributed by atoms with E-state index in [4.69, 9.17) is 27.9 Å². The first-order valence-corrected chi connectivity index (χ1v) is 10.7. The number of rotatable bonds is 7. The topological polar surface area (TPSA) is 75.7 Å². The zero-order valence-electron chi connectivity index (χ0n) is 15.1. The number of para-hydroxylation sites is 2. The van der Waals surface area contributed by atoms with Crippen molar-refractivity contribution in [1.82, 2.24) is 0 Å². The molecule has 27 heavy (non-hydrogen) atoms. The lowest BCUT2D eigenvalue weighted by Crippen LogP contribution is -2.47. The molecule has 0 aromatic heterocycles. The Morgan fingerprint density at radius 2 is 1.78 bits per heavy atom. The Labute approximate surface area is 169 Å². The quantitative estimate of drug-likeness (QED) is 0.714. The second kappa shape index (κ2) is 8.82. The van der Waals surface area contributed by atoms with Gasteiger partial charge in [0, 0.05) is 10.0 Å². The monoisotopic (exact) mass is 430 g/mol. The molecule has 0 aliphatic rings. The number of halogens is 2. The van der Waals surface area contributed by atoms with Gasteiger partial charge in [-0.3, -0.25) is 9.10 Å². The molecule has 0 bridgehead atoms. The number of ether oxygens (including phenoxy) is 1. The van der Waals surface area contributed by atoms with E-state index in [-0.39, 0.29) is 22.2 Å². The first kappa shape index (κ1) is 21.3. The van der Waals surface area contributed by atoms with Crippen LogP contribution in [-0.2, 0) is 14.8 Å². The third-order valence-electron chi connectivity index (χ3n) is 3.80. The number of amides is 1. The van der Waals surface area contributed by atoms with E-state index >= 15 is 0 Å². The third-order valence-corrected chi connectivity index (χ3v) is 5.41. The zero-order valence-corrected chi connectivity index (χ0v) is 17.4. The van der Waals surface area contributed by atoms with Crippen LogP contribution in [-0.4, -0.2) is 33.7 Å². The van der Waals surface area contributed by atoms with Crippen LogP contribution in [0.3, 0.4) is 0 Å². The van der Waals surface area contributed by atoms with Crippen LogP contribution >= 0.6 is 23.2 Å². The Kier molecular flexibility index (Phi) is 6.97. The molecular formula is C18H20Cl2N2O4S. The van der Waals surface area contributed by atoms with Crippen molar-refractivity contribution in [2.75, 3.05) is 23.0 Å². The normalized spacial score (nSPS) is 12.3. The molecule has 2 rings (SSSR count). The summed E-state index contributed by atoms with van der Waals surface area (Å²) in [4.78, 5) is 12.9. The number of anilines is 2. The summed E-state index contributed by atoms with van der Waals surface area (Å²) in [6.45, 7) is 1.72. The highest BCUT2D eigenvalue weighted by Crippen LogP contribution is 2.30. The molecule has 9 heteroatoms. The maximum absolute atomic E-state index is 12.9. The van der Waals surface area contributed by atoms with Crippen LogP contribution in [0.2, 0.25) is 10.0 Å². The Hall–Kier alpha value is -1.96. The van der Waals surface area contributed by atoms with Crippen LogP contribution in [0.5, 0.6) is 5.75 Å². The fourth-order valence-corrected chi connectivity index (χ4v) is 4.40. The fraction of sp³-hybridized carbons (Fsp3) is 0.278. The summed E-state index contributed by atoms with van der Waals surface area (Å²) in [5.74, 6) is -0.0269. The van der Waals surface area contributed by atoms with Gasteiger partial charge in [-0.2, -0.15) is 0 Å². The Balaban J connectivity index is 2.44. The second-order valence-electron chi connectivity index (χ2n) is 5.80. The molecule has 0 fully saturated rings. The van der Waals surface area contributed by atoms with E-state index in [9.17, 15) is 13.2 Å². The molecule has 0 spiro atoms. The molecule has 0 radical (unpaired) electrons. The molecule has 0 aliphatic carbocycles. The predicted molar refractivity (Wildman–Crippen MR) is 109 cm³/mol. The van der Waals surface area contributed by atoms with Crippen LogP contribution in [0.4, 0.5) is 11.4 Å². The highest BCUT2D eigenvalue weighted by Gasteiger charge is 2.32. The van der Waals surface area contributed by atoms with Crippen LogP contribution in [0.1, 0.15) is 13.3 Å². The van der Waals surface area contributed by atoms with E-state index in [1.54, 1.807) is 31.2 Å². The van der Waals surface area contributed by atoms with Gasteiger partial charge in [-0.1, -0.05) is 42.3 Å². The van der Waals surface area contributed by atoms with E-state index in [2.05, 4.69) is 5.32 Å². The van der Waals surface area contributed by atoms with Crippen molar-refractivity contribution in [3.05, 3.63) is 52.5 Å². The fourth-order valence-electron chi connectivity index (χ4n) is 2.69. The van der Waals surface area contributed by atoms with Crippen molar-refractivity contribution < 1.29 is 17.9 Å². The molecule has 0 aliphatic heterocycles. The number of carbonyl (C=O) groups excluding carboxylic acids is 1. The minimum absolute atomic E-state index is 0.219. The van der Waals surface area contributed by atoms with Crippen molar-refractivity contribution in [1.29, 1.82) is 0 Å². The minimum atomic E-state index is -3.79. The highest BCUT2D eigenvalue weighted by atomic mass is 35.5. The van der Waals surface area contributed by atoms with Gasteiger partial charge in [0.05, 0.1) is 24.7 Å². The number of benzene rings is 2. The lowest BCUT2D eigenvalue weighted by atomic mass is 10.1. The average molecular weight is 431 g/mol. The van der Waals surface area contributed by atoms with Gasteiger partial charge < -0.3 is 10.1 Å². The molecule has 1 atom stereocenters. The van der Waals surface area contributed by atoms with Crippen LogP contribution in [0.15, 0.2) is 42.5 Å². The number of hydrogen-bond donors (Lipinski definition) is 1. The molecule has 1 amide bonds. The molecule has 6 nitrogen and oxygen atoms in total. The minimum Gasteiger partial charge on any atom is -0.495 e. The summed E-state index contributed by atoms with van der Waals surface area (Å²) in [5, 5.41) is 3.27. The van der Waals surface area contributed by atoms with Crippen LogP contribution < -0.4 is 14.4 Å². The van der Waals surface area contributed by atoms with Crippen molar-refractivity contribution in [2.45, 2.75) is 19.4 Å². The lowest BCUT2D eigenvalue weighted by Gasteiger charge is -2.30. The molecule has 2 aromatic rings. The Morgan fingerprint density at radius 1 is 1.19 bits per heavy atom. The molecule has 1 N–H and O–H groups in total. The van der Waals surface area contributed by atoms with E-state index in [1.807, 2.05) is 0 Å². The standard InChI is InChI=1S/C18H20Cl2N2O4S/c1-4-16(18(23)21-15-7-5-6-8-17(15)26-2)22(27(3,24)25)14-10-12(19)9-13(20)11-14/h5-11,16H,4H2,1-3H3,(H,21,23)/t16-/m0/s1. The Bertz CT molecular complexity index is 914. The SMILES string of the molecule is CC[C@@H](C(=O)Nc1ccccc1OC)N(c1cc(Cl)cc(Cl)c1)S(C)(=O)=O. The van der Waals surface area contributed by atoms with Gasteiger partial charge in [-0.25, -0.2) is 8.42 Å². The number of sulfonamides is 1. The predicted octanol–water partition coefficient (Wildman–Crippen LogP) is 4.19. The third kappa shape index (κ3) is 5.28. The zero-order chi connectivity index (χ0) is 20.2. The molecule has 0 heterocycles. The van der Waals surface area contributed by atoms with Gasteiger partial charge in [-0.15, -0.1) is 0 Å². The molecule has 0 saturated heterocycles. The Morgan fingerprint density at radius 3 is 2.30 bits per heavy atom. The lowest BCUT2D eigenvalue weighted by molar-refractivity contribution is -0.117. The van der Waals surface area contributed by atoms with Gasteiger partial charge in [0.2, 0.25) is 15.9 Å². The van der Waals surface area contributed by atoms with Gasteiger partial charge >= 0.3 is 0 Å². The largest absolute Gasteiger partial charge is 0.495 e. The van der Waals surface area contributed by atoms with E-state index in [1.165, 1.54) is 25.3 Å². The summed E-state index contributed by atoms with van der Waals surface area (Å²) < 4.78 is 31.2. The molecule has 146 valence electrons. The number of hydrogen-bond acceptors (Lipinski definition) is 4. The van der Waals surface area contributed by atoms with Crippen molar-refractivity contribution in [2.24, 2.45) is 0 Å². The number of carbonyl (C=O) groups is 1. The second-order valence-corrected chi connectivity index (χ2v) is 8.53. The van der Waals surface area contributed by atoms with E-state index < -0.39 is 22.0 Å². The first-order valence-electron chi connectivity index (χ1n) is 8.06. The first-order chi connectivity index (χ1) is 12.7. The van der Waals surface area contributed by atoms with Crippen molar-refractivity contribution in [3.63, 3.8) is 0 Å². The van der Waals surface area contributed by atoms with Crippen LogP contribution in [0.25, 0.3) is 0 Å². The summed E-state index contributed by atoms with van der Waals surface area (Å²) in [6.07, 6.45) is 1.26. The average Bonchev–Trinajstić information content (AvgIpc) is 2.57. The summed E-state index contributed by atoms with van der Waals surface area (Å²) in [6, 6.07) is 10.3. The number of nitrogens with one attached hydrogen (secondary N) is 1. The maximum atomic E-state index is 12.9. The number of methoxy groups -OCH3 is 1. The van der Waals surface area contributed by atoms with Gasteiger partial charge in [0.25, 0.3) is 0 Å². The van der Waals surface area contributed by atoms with Crippen molar-refractivity contribution in [3.8, 4) is 5.75 Å². The van der Waals surface area contributed by atoms with E-state index in [0.29, 0.717) is 11.4 Å². The molecule has 0 unspecified atom stereocenters. The highest BCUT2D eigenvalue weighted by molar-refractivity contribution is 7.92. The van der Waals surface area contributed by atoms with Gasteiger partial charge in [0.1, 0.15) is 11.8 Å².